The van der Waals surface area contributed by atoms with Gasteiger partial charge in [-0.3, -0.25) is 4.79 Å². The molecular weight excluding hydrogens is 395 g/mol. The Bertz CT molecular complexity index is 718. The van der Waals surface area contributed by atoms with Gasteiger partial charge in [-0.15, -0.1) is 12.4 Å². The Kier molecular flexibility index (Phi) is 7.99. The second-order valence-corrected chi connectivity index (χ2v) is 8.52. The fourth-order valence-corrected chi connectivity index (χ4v) is 4.70. The first-order chi connectivity index (χ1) is 12.5. The van der Waals surface area contributed by atoms with Crippen molar-refractivity contribution in [2.45, 2.75) is 11.3 Å². The standard InChI is InChI=1S/C17H25FN4O3S.ClH/c18-15-1-3-16(4-2-15)26(24,25)22-13-11-20(12-14-22)8-5-17(23)21-9-6-19-7-10-21;/h1-4,19H,5-14H2;1H. The van der Waals surface area contributed by atoms with Crippen LogP contribution in [0.4, 0.5) is 4.39 Å². The van der Waals surface area contributed by atoms with E-state index in [0.717, 1.165) is 38.3 Å². The van der Waals surface area contributed by atoms with E-state index in [1.54, 1.807) is 0 Å². The summed E-state index contributed by atoms with van der Waals surface area (Å²) in [4.78, 5) is 16.3. The summed E-state index contributed by atoms with van der Waals surface area (Å²) in [5, 5.41) is 3.22. The Labute approximate surface area is 166 Å². The second kappa shape index (κ2) is 9.79. The minimum atomic E-state index is -3.59. The zero-order chi connectivity index (χ0) is 18.6. The van der Waals surface area contributed by atoms with E-state index in [1.165, 1.54) is 16.4 Å². The normalized spacial score (nSPS) is 19.5. The molecule has 7 nitrogen and oxygen atoms in total. The fourth-order valence-electron chi connectivity index (χ4n) is 3.28. The van der Waals surface area contributed by atoms with Crippen molar-refractivity contribution >= 4 is 28.3 Å². The highest BCUT2D eigenvalue weighted by Crippen LogP contribution is 2.18. The first-order valence-electron chi connectivity index (χ1n) is 8.93. The van der Waals surface area contributed by atoms with Crippen LogP contribution in [0.2, 0.25) is 0 Å². The van der Waals surface area contributed by atoms with Gasteiger partial charge in [-0.1, -0.05) is 0 Å². The maximum atomic E-state index is 13.0. The summed E-state index contributed by atoms with van der Waals surface area (Å²) in [5.41, 5.74) is 0. The molecule has 2 heterocycles. The van der Waals surface area contributed by atoms with E-state index in [4.69, 9.17) is 0 Å². The second-order valence-electron chi connectivity index (χ2n) is 6.58. The SMILES string of the molecule is Cl.O=C(CCN1CCN(S(=O)(=O)c2ccc(F)cc2)CC1)N1CCNCC1. The predicted molar refractivity (Wildman–Crippen MR) is 103 cm³/mol. The van der Waals surface area contributed by atoms with Crippen LogP contribution in [0.25, 0.3) is 0 Å². The summed E-state index contributed by atoms with van der Waals surface area (Å²) in [6, 6.07) is 4.90. The molecule has 1 N–H and O–H groups in total. The van der Waals surface area contributed by atoms with Gasteiger partial charge in [0.1, 0.15) is 5.82 Å². The fraction of sp³-hybridized carbons (Fsp3) is 0.588. The first kappa shape index (κ1) is 22.0. The van der Waals surface area contributed by atoms with Crippen LogP contribution in [-0.4, -0.2) is 87.3 Å². The van der Waals surface area contributed by atoms with Crippen molar-refractivity contribution in [2.24, 2.45) is 0 Å². The highest BCUT2D eigenvalue weighted by atomic mass is 35.5. The third-order valence-electron chi connectivity index (χ3n) is 4.89. The molecule has 0 spiro atoms. The Morgan fingerprint density at radius 3 is 2.19 bits per heavy atom. The van der Waals surface area contributed by atoms with Gasteiger partial charge in [0.05, 0.1) is 4.90 Å². The third kappa shape index (κ3) is 5.61. The van der Waals surface area contributed by atoms with Crippen molar-refractivity contribution < 1.29 is 17.6 Å². The molecule has 0 aliphatic carbocycles. The van der Waals surface area contributed by atoms with Crippen molar-refractivity contribution in [3.05, 3.63) is 30.1 Å². The van der Waals surface area contributed by atoms with Crippen LogP contribution in [0.1, 0.15) is 6.42 Å². The summed E-state index contributed by atoms with van der Waals surface area (Å²) in [6.45, 7) is 5.77. The van der Waals surface area contributed by atoms with Crippen LogP contribution in [0.3, 0.4) is 0 Å². The summed E-state index contributed by atoms with van der Waals surface area (Å²) in [6.07, 6.45) is 0.463. The number of nitrogens with one attached hydrogen (secondary N) is 1. The molecule has 1 aromatic rings. The zero-order valence-electron chi connectivity index (χ0n) is 15.1. The zero-order valence-corrected chi connectivity index (χ0v) is 16.8. The van der Waals surface area contributed by atoms with E-state index in [-0.39, 0.29) is 23.2 Å². The lowest BCUT2D eigenvalue weighted by molar-refractivity contribution is -0.132. The number of amides is 1. The maximum absolute atomic E-state index is 13.0. The molecule has 152 valence electrons. The first-order valence-corrected chi connectivity index (χ1v) is 10.4. The van der Waals surface area contributed by atoms with Gasteiger partial charge < -0.3 is 15.1 Å². The van der Waals surface area contributed by atoms with Gasteiger partial charge in [0.2, 0.25) is 15.9 Å². The molecule has 0 aromatic heterocycles. The van der Waals surface area contributed by atoms with Crippen LogP contribution in [0.5, 0.6) is 0 Å². The Morgan fingerprint density at radius 2 is 1.59 bits per heavy atom. The van der Waals surface area contributed by atoms with Crippen LogP contribution < -0.4 is 5.32 Å². The molecule has 27 heavy (non-hydrogen) atoms. The molecule has 2 fully saturated rings. The number of hydrogen-bond acceptors (Lipinski definition) is 5. The van der Waals surface area contributed by atoms with Gasteiger partial charge in [-0.25, -0.2) is 12.8 Å². The Balaban J connectivity index is 0.00000261. The van der Waals surface area contributed by atoms with Crippen LogP contribution >= 0.6 is 12.4 Å². The highest BCUT2D eigenvalue weighted by molar-refractivity contribution is 7.89. The molecule has 1 amide bonds. The molecule has 1 aromatic carbocycles. The molecular formula is C17H26ClFN4O3S. The number of piperazine rings is 2. The molecule has 2 aliphatic rings. The summed E-state index contributed by atoms with van der Waals surface area (Å²) in [7, 11) is -3.59. The predicted octanol–water partition coefficient (Wildman–Crippen LogP) is 0.376. The van der Waals surface area contributed by atoms with E-state index >= 15 is 0 Å². The third-order valence-corrected chi connectivity index (χ3v) is 6.81. The number of carbonyl (C=O) groups is 1. The lowest BCUT2D eigenvalue weighted by atomic mass is 10.2. The summed E-state index contributed by atoms with van der Waals surface area (Å²) < 4.78 is 39.6. The minimum absolute atomic E-state index is 0. The van der Waals surface area contributed by atoms with Gasteiger partial charge in [-0.2, -0.15) is 4.31 Å². The molecule has 3 rings (SSSR count). The van der Waals surface area contributed by atoms with Gasteiger partial charge >= 0.3 is 0 Å². The largest absolute Gasteiger partial charge is 0.340 e. The van der Waals surface area contributed by atoms with Crippen LogP contribution in [0.15, 0.2) is 29.2 Å². The van der Waals surface area contributed by atoms with E-state index in [2.05, 4.69) is 10.2 Å². The molecule has 2 saturated heterocycles. The molecule has 0 radical (unpaired) electrons. The monoisotopic (exact) mass is 420 g/mol. The van der Waals surface area contributed by atoms with Crippen molar-refractivity contribution in [3.63, 3.8) is 0 Å². The molecule has 2 aliphatic heterocycles. The van der Waals surface area contributed by atoms with E-state index in [9.17, 15) is 17.6 Å². The lowest BCUT2D eigenvalue weighted by Gasteiger charge is -2.34. The average Bonchev–Trinajstić information content (AvgIpc) is 2.67. The minimum Gasteiger partial charge on any atom is -0.340 e. The van der Waals surface area contributed by atoms with Crippen molar-refractivity contribution in [3.8, 4) is 0 Å². The van der Waals surface area contributed by atoms with Gasteiger partial charge in [-0.05, 0) is 24.3 Å². The Hall–Kier alpha value is -1.26. The van der Waals surface area contributed by atoms with E-state index in [1.807, 2.05) is 4.90 Å². The molecule has 0 bridgehead atoms. The maximum Gasteiger partial charge on any atom is 0.243 e. The number of benzene rings is 1. The molecule has 0 saturated carbocycles. The smallest absolute Gasteiger partial charge is 0.243 e. The summed E-state index contributed by atoms with van der Waals surface area (Å²) >= 11 is 0. The van der Waals surface area contributed by atoms with E-state index < -0.39 is 15.8 Å². The van der Waals surface area contributed by atoms with Crippen LogP contribution in [-0.2, 0) is 14.8 Å². The topological polar surface area (TPSA) is 73.0 Å². The number of rotatable bonds is 5. The van der Waals surface area contributed by atoms with Gasteiger partial charge in [0.15, 0.2) is 0 Å². The van der Waals surface area contributed by atoms with Gasteiger partial charge in [0.25, 0.3) is 0 Å². The Morgan fingerprint density at radius 1 is 1.00 bits per heavy atom. The van der Waals surface area contributed by atoms with Crippen LogP contribution in [0, 0.1) is 5.82 Å². The number of nitrogens with zero attached hydrogens (tertiary/aromatic N) is 3. The van der Waals surface area contributed by atoms with Gasteiger partial charge in [0, 0.05) is 65.3 Å². The summed E-state index contributed by atoms with van der Waals surface area (Å²) in [5.74, 6) is -0.296. The number of halogens is 2. The number of carbonyl (C=O) groups excluding carboxylic acids is 1. The molecule has 0 unspecified atom stereocenters. The number of hydrogen-bond donors (Lipinski definition) is 1. The van der Waals surface area contributed by atoms with Crippen molar-refractivity contribution in [2.75, 3.05) is 58.9 Å². The van der Waals surface area contributed by atoms with Crippen molar-refractivity contribution in [1.29, 1.82) is 0 Å². The molecule has 10 heteroatoms. The lowest BCUT2D eigenvalue weighted by Crippen LogP contribution is -2.50. The highest BCUT2D eigenvalue weighted by Gasteiger charge is 2.28. The van der Waals surface area contributed by atoms with Crippen molar-refractivity contribution in [1.82, 2.24) is 19.4 Å². The van der Waals surface area contributed by atoms with E-state index in [0.29, 0.717) is 39.1 Å². The molecule has 0 atom stereocenters. The average molecular weight is 421 g/mol. The number of sulfonamides is 1. The quantitative estimate of drug-likeness (QED) is 0.745.